The lowest BCUT2D eigenvalue weighted by Gasteiger charge is -2.29. The van der Waals surface area contributed by atoms with E-state index >= 15 is 0 Å². The standard InChI is InChI=1S/C26H29N/c1-17-5-4-6-18-12-22-15-25(27-16-23(22)14-21(18)11-17)20-7-8-24-19(13-20)9-10-26(24,2)3/h7,11-16,24H,4-6,8-10H2,1-3H3. The highest BCUT2D eigenvalue weighted by atomic mass is 14.7. The van der Waals surface area contributed by atoms with E-state index in [4.69, 9.17) is 4.98 Å². The zero-order valence-electron chi connectivity index (χ0n) is 16.8. The van der Waals surface area contributed by atoms with Crippen molar-refractivity contribution in [2.24, 2.45) is 11.3 Å². The summed E-state index contributed by atoms with van der Waals surface area (Å²) < 4.78 is 0. The summed E-state index contributed by atoms with van der Waals surface area (Å²) in [5, 5.41) is 2.59. The number of hydrogen-bond acceptors (Lipinski definition) is 1. The van der Waals surface area contributed by atoms with E-state index in [9.17, 15) is 0 Å². The van der Waals surface area contributed by atoms with Gasteiger partial charge < -0.3 is 0 Å². The van der Waals surface area contributed by atoms with Gasteiger partial charge in [-0.2, -0.15) is 0 Å². The van der Waals surface area contributed by atoms with Crippen molar-refractivity contribution in [2.75, 3.05) is 0 Å². The van der Waals surface area contributed by atoms with Crippen LogP contribution in [0.4, 0.5) is 0 Å². The fourth-order valence-corrected chi connectivity index (χ4v) is 5.30. The molecule has 0 saturated heterocycles. The number of aryl methyl sites for hydroxylation is 1. The van der Waals surface area contributed by atoms with E-state index in [1.807, 2.05) is 0 Å². The van der Waals surface area contributed by atoms with Crippen LogP contribution < -0.4 is 0 Å². The van der Waals surface area contributed by atoms with Gasteiger partial charge in [0.1, 0.15) is 0 Å². The number of benzene rings is 1. The molecule has 3 aliphatic rings. The van der Waals surface area contributed by atoms with Gasteiger partial charge >= 0.3 is 0 Å². The van der Waals surface area contributed by atoms with Crippen LogP contribution in [0.2, 0.25) is 0 Å². The maximum absolute atomic E-state index is 4.84. The van der Waals surface area contributed by atoms with Crippen LogP contribution in [0.3, 0.4) is 0 Å². The van der Waals surface area contributed by atoms with Crippen LogP contribution >= 0.6 is 0 Å². The third-order valence-electron chi connectivity index (χ3n) is 7.06. The van der Waals surface area contributed by atoms with Crippen LogP contribution in [0.5, 0.6) is 0 Å². The topological polar surface area (TPSA) is 12.9 Å². The van der Waals surface area contributed by atoms with Crippen molar-refractivity contribution < 1.29 is 0 Å². The zero-order valence-corrected chi connectivity index (χ0v) is 16.8. The van der Waals surface area contributed by atoms with Gasteiger partial charge in [0, 0.05) is 11.6 Å². The van der Waals surface area contributed by atoms with E-state index in [0.29, 0.717) is 5.41 Å². The Morgan fingerprint density at radius 1 is 1.00 bits per heavy atom. The summed E-state index contributed by atoms with van der Waals surface area (Å²) in [7, 11) is 0. The first kappa shape index (κ1) is 17.0. The van der Waals surface area contributed by atoms with Crippen molar-refractivity contribution >= 4 is 22.4 Å². The molecule has 1 aromatic carbocycles. The van der Waals surface area contributed by atoms with Gasteiger partial charge in [0.25, 0.3) is 0 Å². The van der Waals surface area contributed by atoms with Gasteiger partial charge in [-0.25, -0.2) is 0 Å². The number of nitrogens with zero attached hydrogens (tertiary/aromatic N) is 1. The van der Waals surface area contributed by atoms with Crippen molar-refractivity contribution in [2.45, 2.75) is 59.3 Å². The fourth-order valence-electron chi connectivity index (χ4n) is 5.30. The third-order valence-corrected chi connectivity index (χ3v) is 7.06. The molecule has 1 unspecified atom stereocenters. The van der Waals surface area contributed by atoms with Crippen LogP contribution in [-0.4, -0.2) is 4.98 Å². The highest BCUT2D eigenvalue weighted by Gasteiger charge is 2.38. The molecule has 0 spiro atoms. The third kappa shape index (κ3) is 2.98. The molecule has 3 aliphatic carbocycles. The van der Waals surface area contributed by atoms with Gasteiger partial charge in [-0.3, -0.25) is 4.98 Å². The fraction of sp³-hybridized carbons (Fsp3) is 0.423. The lowest BCUT2D eigenvalue weighted by molar-refractivity contribution is 0.283. The van der Waals surface area contributed by atoms with Gasteiger partial charge in [-0.05, 0) is 91.0 Å². The van der Waals surface area contributed by atoms with E-state index < -0.39 is 0 Å². The quantitative estimate of drug-likeness (QED) is 0.530. The molecule has 0 N–H and O–H groups in total. The molecule has 1 heterocycles. The minimum Gasteiger partial charge on any atom is -0.256 e. The maximum Gasteiger partial charge on any atom is 0.0705 e. The summed E-state index contributed by atoms with van der Waals surface area (Å²) >= 11 is 0. The van der Waals surface area contributed by atoms with Gasteiger partial charge in [-0.15, -0.1) is 0 Å². The van der Waals surface area contributed by atoms with Crippen molar-refractivity contribution in [3.05, 3.63) is 64.5 Å². The Balaban J connectivity index is 1.53. The molecule has 138 valence electrons. The first-order valence-electron chi connectivity index (χ1n) is 10.5. The number of aromatic nitrogens is 1. The summed E-state index contributed by atoms with van der Waals surface area (Å²) in [6, 6.07) is 7.04. The molecular weight excluding hydrogens is 326 g/mol. The van der Waals surface area contributed by atoms with E-state index in [2.05, 4.69) is 63.4 Å². The maximum atomic E-state index is 4.84. The number of pyridine rings is 1. The molecule has 1 saturated carbocycles. The molecule has 0 radical (unpaired) electrons. The molecule has 0 amide bonds. The van der Waals surface area contributed by atoms with Crippen LogP contribution in [0.15, 0.2) is 47.7 Å². The van der Waals surface area contributed by atoms with Crippen molar-refractivity contribution in [1.82, 2.24) is 4.98 Å². The molecule has 5 rings (SSSR count). The van der Waals surface area contributed by atoms with Crippen molar-refractivity contribution in [3.63, 3.8) is 0 Å². The summed E-state index contributed by atoms with van der Waals surface area (Å²) in [5.74, 6) is 0.729. The normalized spacial score (nSPS) is 23.8. The smallest absolute Gasteiger partial charge is 0.0705 e. The Labute approximate surface area is 162 Å². The Morgan fingerprint density at radius 3 is 2.78 bits per heavy atom. The molecule has 1 atom stereocenters. The second-order valence-corrected chi connectivity index (χ2v) is 9.47. The van der Waals surface area contributed by atoms with E-state index in [1.165, 1.54) is 71.6 Å². The Hall–Kier alpha value is -2.15. The molecule has 1 nitrogen and oxygen atoms in total. The number of rotatable bonds is 1. The van der Waals surface area contributed by atoms with Gasteiger partial charge in [0.2, 0.25) is 0 Å². The van der Waals surface area contributed by atoms with Gasteiger partial charge in [0.05, 0.1) is 5.69 Å². The average molecular weight is 356 g/mol. The second kappa shape index (κ2) is 6.19. The highest BCUT2D eigenvalue weighted by Crippen LogP contribution is 2.50. The first-order chi connectivity index (χ1) is 13.0. The zero-order chi connectivity index (χ0) is 18.6. The molecule has 1 aromatic heterocycles. The number of hydrogen-bond donors (Lipinski definition) is 0. The molecule has 1 heteroatoms. The highest BCUT2D eigenvalue weighted by molar-refractivity contribution is 5.89. The van der Waals surface area contributed by atoms with Gasteiger partial charge in [0.15, 0.2) is 0 Å². The van der Waals surface area contributed by atoms with Crippen LogP contribution in [0.25, 0.3) is 22.4 Å². The van der Waals surface area contributed by atoms with Gasteiger partial charge in [-0.1, -0.05) is 49.3 Å². The molecule has 0 bridgehead atoms. The predicted octanol–water partition coefficient (Wildman–Crippen LogP) is 7.12. The van der Waals surface area contributed by atoms with Crippen LogP contribution in [0, 0.1) is 11.3 Å². The van der Waals surface area contributed by atoms with E-state index in [0.717, 1.165) is 11.6 Å². The van der Waals surface area contributed by atoms with Crippen molar-refractivity contribution in [1.29, 1.82) is 0 Å². The monoisotopic (exact) mass is 355 g/mol. The summed E-state index contributed by atoms with van der Waals surface area (Å²) in [4.78, 5) is 4.84. The minimum atomic E-state index is 0.452. The Kier molecular flexibility index (Phi) is 3.89. The SMILES string of the molecule is CC1=Cc2cc3cnc(C4=CCC5C(=C4)CCC5(C)C)cc3cc2CCC1. The van der Waals surface area contributed by atoms with Crippen molar-refractivity contribution in [3.8, 4) is 0 Å². The lowest BCUT2D eigenvalue weighted by atomic mass is 9.76. The van der Waals surface area contributed by atoms with E-state index in [-0.39, 0.29) is 0 Å². The minimum absolute atomic E-state index is 0.452. The summed E-state index contributed by atoms with van der Waals surface area (Å²) in [6.45, 7) is 7.10. The van der Waals surface area contributed by atoms with Crippen LogP contribution in [0.1, 0.15) is 69.7 Å². The average Bonchev–Trinajstić information content (AvgIpc) is 2.83. The number of fused-ring (bicyclic) bond motifs is 3. The molecule has 2 aromatic rings. The second-order valence-electron chi connectivity index (χ2n) is 9.47. The first-order valence-corrected chi connectivity index (χ1v) is 10.5. The number of allylic oxidation sites excluding steroid dienone is 5. The molecule has 1 fully saturated rings. The largest absolute Gasteiger partial charge is 0.256 e. The van der Waals surface area contributed by atoms with Crippen LogP contribution in [-0.2, 0) is 6.42 Å². The molecule has 0 aliphatic heterocycles. The summed E-state index contributed by atoms with van der Waals surface area (Å²) in [5.41, 5.74) is 8.93. The lowest BCUT2D eigenvalue weighted by Crippen LogP contribution is -2.19. The summed E-state index contributed by atoms with van der Waals surface area (Å²) in [6.07, 6.45) is 16.7. The molecule has 27 heavy (non-hydrogen) atoms. The Bertz CT molecular complexity index is 1020. The molecular formula is C26H29N. The Morgan fingerprint density at radius 2 is 1.89 bits per heavy atom. The van der Waals surface area contributed by atoms with E-state index in [1.54, 1.807) is 5.57 Å². The predicted molar refractivity (Wildman–Crippen MR) is 116 cm³/mol.